The molecule has 0 saturated heterocycles. The predicted molar refractivity (Wildman–Crippen MR) is 79.4 cm³/mol. The molecule has 0 fully saturated rings. The fourth-order valence-corrected chi connectivity index (χ4v) is 2.51. The van der Waals surface area contributed by atoms with Crippen molar-refractivity contribution in [1.82, 2.24) is 25.1 Å². The number of carbonyl (C=O) groups excluding carboxylic acids is 1. The van der Waals surface area contributed by atoms with E-state index in [1.807, 2.05) is 24.4 Å². The quantitative estimate of drug-likeness (QED) is 0.799. The van der Waals surface area contributed by atoms with Crippen molar-refractivity contribution >= 4 is 17.2 Å². The van der Waals surface area contributed by atoms with E-state index in [4.69, 9.17) is 0 Å². The Morgan fingerprint density at radius 2 is 2.24 bits per heavy atom. The zero-order valence-electron chi connectivity index (χ0n) is 11.4. The van der Waals surface area contributed by atoms with Crippen molar-refractivity contribution in [3.05, 3.63) is 58.4 Å². The molecule has 0 unspecified atom stereocenters. The molecule has 21 heavy (non-hydrogen) atoms. The Morgan fingerprint density at radius 3 is 2.86 bits per heavy atom. The Hall–Kier alpha value is -2.54. The lowest BCUT2D eigenvalue weighted by molar-refractivity contribution is 0.0945. The van der Waals surface area contributed by atoms with Crippen molar-refractivity contribution in [3.8, 4) is 5.82 Å². The number of aryl methyl sites for hydroxylation is 1. The Balaban J connectivity index is 1.69. The van der Waals surface area contributed by atoms with E-state index in [-0.39, 0.29) is 5.91 Å². The number of carbonyl (C=O) groups is 1. The van der Waals surface area contributed by atoms with Crippen LogP contribution in [0.1, 0.15) is 21.2 Å². The van der Waals surface area contributed by atoms with E-state index in [1.54, 1.807) is 40.4 Å². The molecule has 0 aliphatic rings. The third kappa shape index (κ3) is 2.97. The van der Waals surface area contributed by atoms with Crippen molar-refractivity contribution in [1.29, 1.82) is 0 Å². The first-order valence-electron chi connectivity index (χ1n) is 6.38. The third-order valence-corrected chi connectivity index (χ3v) is 3.84. The molecule has 1 N–H and O–H groups in total. The van der Waals surface area contributed by atoms with Crippen LogP contribution in [0.2, 0.25) is 0 Å². The molecule has 3 rings (SSSR count). The zero-order chi connectivity index (χ0) is 14.7. The summed E-state index contributed by atoms with van der Waals surface area (Å²) in [6.45, 7) is 2.38. The first-order chi connectivity index (χ1) is 10.2. The summed E-state index contributed by atoms with van der Waals surface area (Å²) in [5.41, 5.74) is 0.299. The van der Waals surface area contributed by atoms with Gasteiger partial charge in [0.25, 0.3) is 5.91 Å². The van der Waals surface area contributed by atoms with Crippen LogP contribution in [-0.2, 0) is 6.54 Å². The number of nitrogens with one attached hydrogen (secondary N) is 1. The van der Waals surface area contributed by atoms with Crippen LogP contribution in [0.25, 0.3) is 5.82 Å². The van der Waals surface area contributed by atoms with E-state index in [9.17, 15) is 4.79 Å². The molecule has 0 aliphatic carbocycles. The van der Waals surface area contributed by atoms with Gasteiger partial charge in [-0.05, 0) is 30.5 Å². The highest BCUT2D eigenvalue weighted by molar-refractivity contribution is 7.09. The largest absolute Gasteiger partial charge is 0.346 e. The number of thiophene rings is 1. The number of amides is 1. The number of nitrogens with zero attached hydrogens (tertiary/aromatic N) is 4. The van der Waals surface area contributed by atoms with Crippen LogP contribution >= 0.6 is 11.3 Å². The molecule has 3 aromatic rings. The second-order valence-electron chi connectivity index (χ2n) is 4.38. The second-order valence-corrected chi connectivity index (χ2v) is 5.42. The molecule has 0 saturated carbocycles. The van der Waals surface area contributed by atoms with Gasteiger partial charge in [0, 0.05) is 17.3 Å². The highest BCUT2D eigenvalue weighted by Crippen LogP contribution is 2.09. The van der Waals surface area contributed by atoms with Crippen molar-refractivity contribution < 1.29 is 4.79 Å². The van der Waals surface area contributed by atoms with Gasteiger partial charge in [-0.25, -0.2) is 4.98 Å². The second kappa shape index (κ2) is 5.84. The SMILES string of the molecule is Cc1nccn1-c1ccc(C(=O)NCc2cccs2)nn1. The average Bonchev–Trinajstić information content (AvgIpc) is 3.16. The van der Waals surface area contributed by atoms with Crippen LogP contribution in [-0.4, -0.2) is 25.7 Å². The molecule has 0 radical (unpaired) electrons. The minimum Gasteiger partial charge on any atom is -0.346 e. The molecule has 6 nitrogen and oxygen atoms in total. The smallest absolute Gasteiger partial charge is 0.272 e. The van der Waals surface area contributed by atoms with Gasteiger partial charge >= 0.3 is 0 Å². The normalized spacial score (nSPS) is 10.5. The van der Waals surface area contributed by atoms with Gasteiger partial charge in [0.05, 0.1) is 6.54 Å². The van der Waals surface area contributed by atoms with E-state index >= 15 is 0 Å². The standard InChI is InChI=1S/C14H13N5OS/c1-10-15-6-7-19(10)13-5-4-12(17-18-13)14(20)16-9-11-3-2-8-21-11/h2-8H,9H2,1H3,(H,16,20). The average molecular weight is 299 g/mol. The fraction of sp³-hybridized carbons (Fsp3) is 0.143. The van der Waals surface area contributed by atoms with Gasteiger partial charge in [-0.1, -0.05) is 6.07 Å². The summed E-state index contributed by atoms with van der Waals surface area (Å²) in [5.74, 6) is 1.23. The molecule has 0 bridgehead atoms. The summed E-state index contributed by atoms with van der Waals surface area (Å²) in [6.07, 6.45) is 3.49. The van der Waals surface area contributed by atoms with Gasteiger partial charge in [0.2, 0.25) is 0 Å². The van der Waals surface area contributed by atoms with Crippen LogP contribution in [0.3, 0.4) is 0 Å². The van der Waals surface area contributed by atoms with Crippen LogP contribution in [0.5, 0.6) is 0 Å². The third-order valence-electron chi connectivity index (χ3n) is 2.96. The van der Waals surface area contributed by atoms with Crippen molar-refractivity contribution in [2.24, 2.45) is 0 Å². The molecular weight excluding hydrogens is 286 g/mol. The van der Waals surface area contributed by atoms with Gasteiger partial charge in [-0.2, -0.15) is 0 Å². The highest BCUT2D eigenvalue weighted by atomic mass is 32.1. The van der Waals surface area contributed by atoms with Crippen molar-refractivity contribution in [3.63, 3.8) is 0 Å². The predicted octanol–water partition coefficient (Wildman–Crippen LogP) is 1.96. The lowest BCUT2D eigenvalue weighted by Gasteiger charge is -2.05. The van der Waals surface area contributed by atoms with E-state index in [1.165, 1.54) is 0 Å². The van der Waals surface area contributed by atoms with Gasteiger partial charge in [-0.3, -0.25) is 9.36 Å². The van der Waals surface area contributed by atoms with E-state index in [0.717, 1.165) is 10.7 Å². The molecular formula is C14H13N5OS. The number of rotatable bonds is 4. The molecule has 7 heteroatoms. The maximum absolute atomic E-state index is 12.0. The van der Waals surface area contributed by atoms with Crippen LogP contribution in [0.15, 0.2) is 42.0 Å². The molecule has 1 amide bonds. The summed E-state index contributed by atoms with van der Waals surface area (Å²) in [5, 5.41) is 12.8. The minimum atomic E-state index is -0.232. The molecule has 0 aromatic carbocycles. The molecule has 0 aliphatic heterocycles. The number of hydrogen-bond acceptors (Lipinski definition) is 5. The first kappa shape index (κ1) is 13.4. The van der Waals surface area contributed by atoms with Crippen LogP contribution in [0.4, 0.5) is 0 Å². The maximum atomic E-state index is 12.0. The maximum Gasteiger partial charge on any atom is 0.272 e. The van der Waals surface area contributed by atoms with Gasteiger partial charge < -0.3 is 5.32 Å². The highest BCUT2D eigenvalue weighted by Gasteiger charge is 2.09. The minimum absolute atomic E-state index is 0.232. The Kier molecular flexibility index (Phi) is 3.74. The van der Waals surface area contributed by atoms with Crippen molar-refractivity contribution in [2.75, 3.05) is 0 Å². The summed E-state index contributed by atoms with van der Waals surface area (Å²) < 4.78 is 1.81. The fourth-order valence-electron chi connectivity index (χ4n) is 1.87. The molecule has 0 atom stereocenters. The number of aromatic nitrogens is 4. The van der Waals surface area contributed by atoms with E-state index in [0.29, 0.717) is 18.1 Å². The van der Waals surface area contributed by atoms with Crippen LogP contribution < -0.4 is 5.32 Å². The van der Waals surface area contributed by atoms with Crippen molar-refractivity contribution in [2.45, 2.75) is 13.5 Å². The lowest BCUT2D eigenvalue weighted by Crippen LogP contribution is -2.23. The lowest BCUT2D eigenvalue weighted by atomic mass is 10.3. The molecule has 106 valence electrons. The Morgan fingerprint density at radius 1 is 1.33 bits per heavy atom. The first-order valence-corrected chi connectivity index (χ1v) is 7.26. The molecule has 0 spiro atoms. The molecule has 3 heterocycles. The van der Waals surface area contributed by atoms with Gasteiger partial charge in [0.1, 0.15) is 5.82 Å². The summed E-state index contributed by atoms with van der Waals surface area (Å²) in [6, 6.07) is 7.34. The zero-order valence-corrected chi connectivity index (χ0v) is 12.2. The Bertz CT molecular complexity index is 733. The van der Waals surface area contributed by atoms with E-state index in [2.05, 4.69) is 20.5 Å². The van der Waals surface area contributed by atoms with Gasteiger partial charge in [0.15, 0.2) is 11.5 Å². The molecule has 3 aromatic heterocycles. The van der Waals surface area contributed by atoms with Crippen LogP contribution in [0, 0.1) is 6.92 Å². The summed E-state index contributed by atoms with van der Waals surface area (Å²) in [4.78, 5) is 17.2. The summed E-state index contributed by atoms with van der Waals surface area (Å²) in [7, 11) is 0. The topological polar surface area (TPSA) is 72.7 Å². The summed E-state index contributed by atoms with van der Waals surface area (Å²) >= 11 is 1.60. The Labute approximate surface area is 125 Å². The van der Waals surface area contributed by atoms with E-state index < -0.39 is 0 Å². The monoisotopic (exact) mass is 299 g/mol. The number of hydrogen-bond donors (Lipinski definition) is 1. The number of imidazole rings is 1. The van der Waals surface area contributed by atoms with Gasteiger partial charge in [-0.15, -0.1) is 21.5 Å².